The van der Waals surface area contributed by atoms with E-state index in [-0.39, 0.29) is 30.0 Å². The van der Waals surface area contributed by atoms with Gasteiger partial charge in [-0.25, -0.2) is 4.39 Å². The highest BCUT2D eigenvalue weighted by molar-refractivity contribution is 5.83. The zero-order valence-electron chi connectivity index (χ0n) is 19.0. The van der Waals surface area contributed by atoms with Crippen molar-refractivity contribution in [3.8, 4) is 0 Å². The maximum absolute atomic E-state index is 13.7. The van der Waals surface area contributed by atoms with Crippen LogP contribution in [0.5, 0.6) is 0 Å². The van der Waals surface area contributed by atoms with Gasteiger partial charge in [-0.2, -0.15) is 13.2 Å². The first-order valence-electron chi connectivity index (χ1n) is 11.5. The van der Waals surface area contributed by atoms with Crippen molar-refractivity contribution in [2.75, 3.05) is 13.2 Å². The predicted octanol–water partition coefficient (Wildman–Crippen LogP) is 5.06. The topological polar surface area (TPSA) is 50.4 Å². The number of carbonyl (C=O) groups is 1. The molecule has 1 amide bonds. The lowest BCUT2D eigenvalue weighted by Gasteiger charge is -2.35. The average molecular weight is 459 g/mol. The van der Waals surface area contributed by atoms with Crippen LogP contribution in [0.15, 0.2) is 18.2 Å². The quantitative estimate of drug-likeness (QED) is 0.562. The van der Waals surface area contributed by atoms with Gasteiger partial charge in [0, 0.05) is 25.2 Å². The Morgan fingerprint density at radius 1 is 1.25 bits per heavy atom. The molecule has 2 unspecified atom stereocenters. The standard InChI is InChI=1S/C24H34F4N2O2/c1-4-17-14-32-8-6-21(17)30-20-5-7-23(12-20,15(2)3)22(31)29-13-16-9-18(24(26,27)28)11-19(25)10-16/h9-11,15,17,20-21,30H,4-8,12-14H2,1-3H3,(H,29,31)/t17?,20-,21?,23+/m1/s1. The number of benzene rings is 1. The first kappa shape index (κ1) is 25.0. The molecule has 4 nitrogen and oxygen atoms in total. The van der Waals surface area contributed by atoms with E-state index in [1.807, 2.05) is 13.8 Å². The lowest BCUT2D eigenvalue weighted by atomic mass is 9.74. The molecule has 0 spiro atoms. The molecule has 1 aromatic carbocycles. The summed E-state index contributed by atoms with van der Waals surface area (Å²) in [6.45, 7) is 7.54. The number of rotatable bonds is 7. The molecule has 0 aromatic heterocycles. The third kappa shape index (κ3) is 5.63. The van der Waals surface area contributed by atoms with E-state index in [2.05, 4.69) is 17.6 Å². The summed E-state index contributed by atoms with van der Waals surface area (Å²) in [5.74, 6) is -0.602. The third-order valence-corrected chi connectivity index (χ3v) is 7.29. The van der Waals surface area contributed by atoms with Crippen molar-refractivity contribution < 1.29 is 27.1 Å². The van der Waals surface area contributed by atoms with Crippen LogP contribution in [0.1, 0.15) is 64.0 Å². The van der Waals surface area contributed by atoms with Crippen molar-refractivity contribution in [3.05, 3.63) is 35.1 Å². The van der Waals surface area contributed by atoms with E-state index in [0.717, 1.165) is 44.6 Å². The maximum atomic E-state index is 13.7. The number of halogens is 4. The van der Waals surface area contributed by atoms with Crippen molar-refractivity contribution in [3.63, 3.8) is 0 Å². The fourth-order valence-electron chi connectivity index (χ4n) is 5.21. The number of amides is 1. The highest BCUT2D eigenvalue weighted by Crippen LogP contribution is 2.45. The zero-order chi connectivity index (χ0) is 23.5. The van der Waals surface area contributed by atoms with E-state index >= 15 is 0 Å². The molecule has 180 valence electrons. The van der Waals surface area contributed by atoms with Gasteiger partial charge in [0.15, 0.2) is 0 Å². The van der Waals surface area contributed by atoms with Crippen molar-refractivity contribution in [1.29, 1.82) is 0 Å². The van der Waals surface area contributed by atoms with Crippen LogP contribution in [0.2, 0.25) is 0 Å². The molecule has 4 atom stereocenters. The highest BCUT2D eigenvalue weighted by Gasteiger charge is 2.48. The van der Waals surface area contributed by atoms with Crippen molar-refractivity contribution in [2.45, 2.75) is 77.7 Å². The summed E-state index contributed by atoms with van der Waals surface area (Å²) in [7, 11) is 0. The molecular formula is C24H34F4N2O2. The van der Waals surface area contributed by atoms with Gasteiger partial charge in [-0.15, -0.1) is 0 Å². The predicted molar refractivity (Wildman–Crippen MR) is 114 cm³/mol. The fourth-order valence-corrected chi connectivity index (χ4v) is 5.21. The zero-order valence-corrected chi connectivity index (χ0v) is 19.0. The molecule has 3 rings (SSSR count). The van der Waals surface area contributed by atoms with Gasteiger partial charge in [-0.05, 0) is 67.7 Å². The van der Waals surface area contributed by atoms with Gasteiger partial charge in [0.2, 0.25) is 5.91 Å². The molecule has 1 heterocycles. The van der Waals surface area contributed by atoms with E-state index in [9.17, 15) is 22.4 Å². The van der Waals surface area contributed by atoms with Crippen LogP contribution in [-0.4, -0.2) is 31.2 Å². The number of hydrogen-bond acceptors (Lipinski definition) is 3. The molecule has 8 heteroatoms. The Labute approximate surface area is 187 Å². The third-order valence-electron chi connectivity index (χ3n) is 7.29. The molecule has 1 aliphatic carbocycles. The Bertz CT molecular complexity index is 799. The number of carbonyl (C=O) groups excluding carboxylic acids is 1. The Balaban J connectivity index is 1.66. The fraction of sp³-hybridized carbons (Fsp3) is 0.708. The molecule has 1 aliphatic heterocycles. The molecule has 2 fully saturated rings. The van der Waals surface area contributed by atoms with Gasteiger partial charge in [-0.3, -0.25) is 4.79 Å². The van der Waals surface area contributed by atoms with Crippen molar-refractivity contribution in [2.24, 2.45) is 17.3 Å². The Morgan fingerprint density at radius 3 is 2.66 bits per heavy atom. The van der Waals surface area contributed by atoms with E-state index in [1.54, 1.807) is 0 Å². The lowest BCUT2D eigenvalue weighted by Crippen LogP contribution is -2.48. The first-order chi connectivity index (χ1) is 15.0. The average Bonchev–Trinajstić information content (AvgIpc) is 3.17. The summed E-state index contributed by atoms with van der Waals surface area (Å²) >= 11 is 0. The van der Waals surface area contributed by atoms with Crippen LogP contribution in [0.25, 0.3) is 0 Å². The second kappa shape index (κ2) is 10.1. The van der Waals surface area contributed by atoms with Crippen LogP contribution < -0.4 is 10.6 Å². The minimum absolute atomic E-state index is 0.0733. The van der Waals surface area contributed by atoms with Crippen molar-refractivity contribution in [1.82, 2.24) is 10.6 Å². The van der Waals surface area contributed by atoms with Gasteiger partial charge in [0.25, 0.3) is 0 Å². The molecule has 2 aliphatic rings. The maximum Gasteiger partial charge on any atom is 0.416 e. The highest BCUT2D eigenvalue weighted by atomic mass is 19.4. The van der Waals surface area contributed by atoms with Crippen LogP contribution in [0.4, 0.5) is 17.6 Å². The summed E-state index contributed by atoms with van der Waals surface area (Å²) in [6.07, 6.45) is -0.375. The van der Waals surface area contributed by atoms with Crippen LogP contribution in [0, 0.1) is 23.1 Å². The summed E-state index contributed by atoms with van der Waals surface area (Å²) in [4.78, 5) is 13.2. The molecular weight excluding hydrogens is 424 g/mol. The monoisotopic (exact) mass is 458 g/mol. The van der Waals surface area contributed by atoms with E-state index in [0.29, 0.717) is 30.9 Å². The summed E-state index contributed by atoms with van der Waals surface area (Å²) in [5, 5.41) is 6.55. The minimum atomic E-state index is -4.63. The van der Waals surface area contributed by atoms with Gasteiger partial charge >= 0.3 is 6.18 Å². The summed E-state index contributed by atoms with van der Waals surface area (Å²) < 4.78 is 58.2. The molecule has 1 saturated carbocycles. The van der Waals surface area contributed by atoms with Crippen LogP contribution in [-0.2, 0) is 22.3 Å². The van der Waals surface area contributed by atoms with Gasteiger partial charge in [0.05, 0.1) is 17.6 Å². The molecule has 0 radical (unpaired) electrons. The van der Waals surface area contributed by atoms with Gasteiger partial charge in [-0.1, -0.05) is 20.8 Å². The molecule has 0 bridgehead atoms. The van der Waals surface area contributed by atoms with E-state index < -0.39 is 23.0 Å². The van der Waals surface area contributed by atoms with Gasteiger partial charge < -0.3 is 15.4 Å². The van der Waals surface area contributed by atoms with Crippen LogP contribution in [0.3, 0.4) is 0 Å². The largest absolute Gasteiger partial charge is 0.416 e. The smallest absolute Gasteiger partial charge is 0.381 e. The molecule has 2 N–H and O–H groups in total. The number of nitrogens with one attached hydrogen (secondary N) is 2. The number of hydrogen-bond donors (Lipinski definition) is 2. The molecule has 1 aromatic rings. The van der Waals surface area contributed by atoms with Gasteiger partial charge in [0.1, 0.15) is 5.82 Å². The second-order valence-electron chi connectivity index (χ2n) is 9.58. The Morgan fingerprint density at radius 2 is 2.00 bits per heavy atom. The molecule has 32 heavy (non-hydrogen) atoms. The summed E-state index contributed by atoms with van der Waals surface area (Å²) in [6, 6.07) is 2.98. The van der Waals surface area contributed by atoms with Crippen molar-refractivity contribution >= 4 is 5.91 Å². The Hall–Kier alpha value is -1.67. The second-order valence-corrected chi connectivity index (χ2v) is 9.58. The summed E-state index contributed by atoms with van der Waals surface area (Å²) in [5.41, 5.74) is -1.54. The first-order valence-corrected chi connectivity index (χ1v) is 11.5. The molecule has 1 saturated heterocycles. The number of alkyl halides is 3. The van der Waals surface area contributed by atoms with E-state index in [4.69, 9.17) is 4.74 Å². The number of ether oxygens (including phenoxy) is 1. The van der Waals surface area contributed by atoms with Crippen LogP contribution >= 0.6 is 0 Å². The SMILES string of the molecule is CCC1COCCC1N[C@@H]1CC[C@@](C(=O)NCc2cc(F)cc(C(F)(F)F)c2)(C(C)C)C1. The Kier molecular flexibility index (Phi) is 7.86. The normalized spacial score (nSPS) is 28.8. The minimum Gasteiger partial charge on any atom is -0.381 e. The lowest BCUT2D eigenvalue weighted by molar-refractivity contribution is -0.137. The van der Waals surface area contributed by atoms with E-state index in [1.165, 1.54) is 0 Å².